The first-order valence-electron chi connectivity index (χ1n) is 12.8. The number of nitrogens with zero attached hydrogens (tertiary/aromatic N) is 4. The van der Waals surface area contributed by atoms with Gasteiger partial charge in [0.25, 0.3) is 5.91 Å². The molecule has 0 aliphatic carbocycles. The van der Waals surface area contributed by atoms with Crippen LogP contribution >= 0.6 is 0 Å². The van der Waals surface area contributed by atoms with E-state index < -0.39 is 17.2 Å². The minimum absolute atomic E-state index is 0.0510. The molecule has 5 aromatic rings. The Balaban J connectivity index is 1.38. The first-order chi connectivity index (χ1) is 19.8. The standard InChI is InChI=1S/C31H28FN5O4/c1-36(2)14-15-37-18-25(20-4-6-21(32)7-5-20)30(38)26(19-37)31(39)35-29-11-9-23(17-34-29)41-28-12-13-33-27-10-8-22(40-3)16-24(27)28/h4-13,16-19H,14-15H2,1-3H3,(H,34,35,39). The molecule has 1 N–H and O–H groups in total. The molecule has 3 heterocycles. The van der Waals surface area contributed by atoms with Crippen LogP contribution in [0.25, 0.3) is 22.0 Å². The van der Waals surface area contributed by atoms with Gasteiger partial charge in [0, 0.05) is 42.6 Å². The van der Waals surface area contributed by atoms with Crippen LogP contribution < -0.4 is 20.2 Å². The van der Waals surface area contributed by atoms with Crippen molar-refractivity contribution in [2.24, 2.45) is 0 Å². The number of aromatic nitrogens is 3. The molecule has 3 aromatic heterocycles. The summed E-state index contributed by atoms with van der Waals surface area (Å²) in [7, 11) is 5.46. The molecular formula is C31H28FN5O4. The molecule has 208 valence electrons. The molecule has 0 aliphatic rings. The van der Waals surface area contributed by atoms with Gasteiger partial charge < -0.3 is 24.3 Å². The zero-order chi connectivity index (χ0) is 28.9. The van der Waals surface area contributed by atoms with Crippen LogP contribution in [0, 0.1) is 5.82 Å². The number of amides is 1. The average Bonchev–Trinajstić information content (AvgIpc) is 2.98. The van der Waals surface area contributed by atoms with E-state index in [1.807, 2.05) is 37.2 Å². The van der Waals surface area contributed by atoms with Gasteiger partial charge in [0.1, 0.15) is 34.4 Å². The molecule has 0 radical (unpaired) electrons. The number of nitrogens with one attached hydrogen (secondary N) is 1. The summed E-state index contributed by atoms with van der Waals surface area (Å²) in [5.74, 6) is 0.925. The van der Waals surface area contributed by atoms with Crippen molar-refractivity contribution in [3.8, 4) is 28.4 Å². The summed E-state index contributed by atoms with van der Waals surface area (Å²) in [5, 5.41) is 3.47. The number of anilines is 1. The zero-order valence-electron chi connectivity index (χ0n) is 22.8. The van der Waals surface area contributed by atoms with Crippen LogP contribution in [-0.4, -0.2) is 53.1 Å². The first kappa shape index (κ1) is 27.5. The minimum Gasteiger partial charge on any atom is -0.497 e. The number of benzene rings is 2. The Morgan fingerprint density at radius 2 is 1.78 bits per heavy atom. The maximum Gasteiger partial charge on any atom is 0.262 e. The number of hydrogen-bond donors (Lipinski definition) is 1. The predicted molar refractivity (Wildman–Crippen MR) is 155 cm³/mol. The third-order valence-electron chi connectivity index (χ3n) is 6.40. The monoisotopic (exact) mass is 553 g/mol. The molecule has 1 amide bonds. The maximum absolute atomic E-state index is 13.5. The zero-order valence-corrected chi connectivity index (χ0v) is 22.8. The molecule has 2 aromatic carbocycles. The van der Waals surface area contributed by atoms with Gasteiger partial charge in [-0.1, -0.05) is 12.1 Å². The van der Waals surface area contributed by atoms with Crippen LogP contribution in [0.5, 0.6) is 17.2 Å². The molecule has 0 fully saturated rings. The molecule has 0 atom stereocenters. The van der Waals surface area contributed by atoms with Crippen molar-refractivity contribution in [3.63, 3.8) is 0 Å². The Hall–Kier alpha value is -5.09. The van der Waals surface area contributed by atoms with Crippen LogP contribution in [0.1, 0.15) is 10.4 Å². The van der Waals surface area contributed by atoms with E-state index in [2.05, 4.69) is 15.3 Å². The molecule has 0 spiro atoms. The minimum atomic E-state index is -0.606. The second-order valence-electron chi connectivity index (χ2n) is 9.59. The molecule has 0 unspecified atom stereocenters. The van der Waals surface area contributed by atoms with E-state index in [9.17, 15) is 14.0 Å². The fourth-order valence-corrected chi connectivity index (χ4v) is 4.21. The summed E-state index contributed by atoms with van der Waals surface area (Å²) in [6.07, 6.45) is 6.33. The van der Waals surface area contributed by atoms with Gasteiger partial charge in [-0.3, -0.25) is 14.6 Å². The van der Waals surface area contributed by atoms with E-state index in [0.29, 0.717) is 41.5 Å². The van der Waals surface area contributed by atoms with Crippen LogP contribution in [0.3, 0.4) is 0 Å². The van der Waals surface area contributed by atoms with Gasteiger partial charge in [-0.15, -0.1) is 0 Å². The topological polar surface area (TPSA) is 98.6 Å². The first-order valence-corrected chi connectivity index (χ1v) is 12.8. The molecule has 0 aliphatic heterocycles. The van der Waals surface area contributed by atoms with Crippen LogP contribution in [0.2, 0.25) is 0 Å². The number of halogens is 1. The molecule has 10 heteroatoms. The largest absolute Gasteiger partial charge is 0.497 e. The maximum atomic E-state index is 13.5. The highest BCUT2D eigenvalue weighted by Gasteiger charge is 2.17. The number of carbonyl (C=O) groups is 1. The Bertz CT molecular complexity index is 1750. The Morgan fingerprint density at radius 1 is 1.00 bits per heavy atom. The van der Waals surface area contributed by atoms with Gasteiger partial charge >= 0.3 is 0 Å². The van der Waals surface area contributed by atoms with E-state index in [1.54, 1.807) is 42.3 Å². The normalized spacial score (nSPS) is 11.0. The number of likely N-dealkylation sites (N-methyl/N-ethyl adjacent to an activating group) is 1. The molecule has 0 saturated heterocycles. The highest BCUT2D eigenvalue weighted by atomic mass is 19.1. The fraction of sp³-hybridized carbons (Fsp3) is 0.161. The number of methoxy groups -OCH3 is 1. The quantitative estimate of drug-likeness (QED) is 0.268. The van der Waals surface area contributed by atoms with Crippen LogP contribution in [-0.2, 0) is 6.54 Å². The van der Waals surface area contributed by atoms with Gasteiger partial charge in [0.05, 0.1) is 18.8 Å². The highest BCUT2D eigenvalue weighted by molar-refractivity contribution is 6.04. The lowest BCUT2D eigenvalue weighted by molar-refractivity contribution is 0.102. The van der Waals surface area contributed by atoms with Crippen molar-refractivity contribution < 1.29 is 18.7 Å². The van der Waals surface area contributed by atoms with Crippen molar-refractivity contribution in [1.82, 2.24) is 19.4 Å². The van der Waals surface area contributed by atoms with Crippen LogP contribution in [0.4, 0.5) is 10.2 Å². The average molecular weight is 554 g/mol. The van der Waals surface area contributed by atoms with E-state index in [4.69, 9.17) is 9.47 Å². The number of fused-ring (bicyclic) bond motifs is 1. The fourth-order valence-electron chi connectivity index (χ4n) is 4.21. The van der Waals surface area contributed by atoms with Crippen molar-refractivity contribution >= 4 is 22.6 Å². The van der Waals surface area contributed by atoms with E-state index in [0.717, 1.165) is 10.9 Å². The lowest BCUT2D eigenvalue weighted by Crippen LogP contribution is -2.26. The van der Waals surface area contributed by atoms with Gasteiger partial charge in [-0.2, -0.15) is 0 Å². The number of pyridine rings is 3. The molecule has 0 saturated carbocycles. The Labute approximate surface area is 235 Å². The molecule has 5 rings (SSSR count). The van der Waals surface area contributed by atoms with E-state index in [1.165, 1.54) is 36.7 Å². The number of carbonyl (C=O) groups excluding carboxylic acids is 1. The summed E-state index contributed by atoms with van der Waals surface area (Å²) < 4.78 is 26.7. The summed E-state index contributed by atoms with van der Waals surface area (Å²) in [6.45, 7) is 1.23. The Kier molecular flexibility index (Phi) is 8.02. The molecule has 41 heavy (non-hydrogen) atoms. The summed E-state index contributed by atoms with van der Waals surface area (Å²) in [6, 6.07) is 16.1. The Morgan fingerprint density at radius 3 is 2.49 bits per heavy atom. The van der Waals surface area contributed by atoms with Gasteiger partial charge in [0.2, 0.25) is 5.43 Å². The molecule has 0 bridgehead atoms. The second-order valence-corrected chi connectivity index (χ2v) is 9.59. The summed E-state index contributed by atoms with van der Waals surface area (Å²) in [5.41, 5.74) is 1.05. The lowest BCUT2D eigenvalue weighted by Gasteiger charge is -2.15. The van der Waals surface area contributed by atoms with Gasteiger partial charge in [-0.25, -0.2) is 9.37 Å². The van der Waals surface area contributed by atoms with E-state index in [-0.39, 0.29) is 11.4 Å². The highest BCUT2D eigenvalue weighted by Crippen LogP contribution is 2.31. The third kappa shape index (κ3) is 6.39. The number of hydrogen-bond acceptors (Lipinski definition) is 7. The number of ether oxygens (including phenoxy) is 2. The summed E-state index contributed by atoms with van der Waals surface area (Å²) in [4.78, 5) is 37.3. The van der Waals surface area contributed by atoms with Crippen molar-refractivity contribution in [3.05, 3.63) is 107 Å². The van der Waals surface area contributed by atoms with E-state index >= 15 is 0 Å². The third-order valence-corrected chi connectivity index (χ3v) is 6.40. The molecule has 9 nitrogen and oxygen atoms in total. The predicted octanol–water partition coefficient (Wildman–Crippen LogP) is 5.21. The SMILES string of the molecule is COc1ccc2nccc(Oc3ccc(NC(=O)c4cn(CCN(C)C)cc(-c5ccc(F)cc5)c4=O)nc3)c2c1. The van der Waals surface area contributed by atoms with Gasteiger partial charge in [0.15, 0.2) is 0 Å². The lowest BCUT2D eigenvalue weighted by atomic mass is 10.0. The smallest absolute Gasteiger partial charge is 0.262 e. The number of rotatable bonds is 9. The van der Waals surface area contributed by atoms with Crippen molar-refractivity contribution in [2.75, 3.05) is 33.1 Å². The van der Waals surface area contributed by atoms with Crippen LogP contribution in [0.15, 0.2) is 90.2 Å². The van der Waals surface area contributed by atoms with Gasteiger partial charge in [-0.05, 0) is 68.2 Å². The van der Waals surface area contributed by atoms with Crippen molar-refractivity contribution in [1.29, 1.82) is 0 Å². The second kappa shape index (κ2) is 12.0. The molecular weight excluding hydrogens is 525 g/mol. The summed E-state index contributed by atoms with van der Waals surface area (Å²) >= 11 is 0. The van der Waals surface area contributed by atoms with Crippen molar-refractivity contribution in [2.45, 2.75) is 6.54 Å².